The van der Waals surface area contributed by atoms with Crippen molar-refractivity contribution >= 4 is 29.2 Å². The first kappa shape index (κ1) is 22.3. The molecule has 1 aliphatic rings. The summed E-state index contributed by atoms with van der Waals surface area (Å²) in [6, 6.07) is 14.8. The molecular weight excluding hydrogens is 400 g/mol. The van der Waals surface area contributed by atoms with E-state index in [1.54, 1.807) is 24.3 Å². The fraction of sp³-hybridized carbons (Fsp3) is 0.417. The van der Waals surface area contributed by atoms with Crippen molar-refractivity contribution < 1.29 is 14.3 Å². The number of carbonyl (C=O) groups excluding carboxylic acids is 2. The first-order valence-electron chi connectivity index (χ1n) is 10.6. The van der Waals surface area contributed by atoms with Gasteiger partial charge in [-0.2, -0.15) is 0 Å². The van der Waals surface area contributed by atoms with Gasteiger partial charge in [0.1, 0.15) is 0 Å². The number of benzene rings is 2. The molecule has 1 N–H and O–H groups in total. The van der Waals surface area contributed by atoms with Crippen molar-refractivity contribution in [2.24, 2.45) is 5.92 Å². The number of anilines is 1. The summed E-state index contributed by atoms with van der Waals surface area (Å²) in [5.41, 5.74) is 2.43. The molecule has 0 aromatic heterocycles. The van der Waals surface area contributed by atoms with Gasteiger partial charge in [-0.1, -0.05) is 37.1 Å². The van der Waals surface area contributed by atoms with E-state index in [2.05, 4.69) is 17.1 Å². The minimum absolute atomic E-state index is 0.00477. The fourth-order valence-electron chi connectivity index (χ4n) is 3.53. The van der Waals surface area contributed by atoms with Gasteiger partial charge in [0.2, 0.25) is 5.91 Å². The first-order valence-corrected chi connectivity index (χ1v) is 11.0. The molecule has 1 saturated heterocycles. The van der Waals surface area contributed by atoms with Crippen LogP contribution in [0.4, 0.5) is 5.69 Å². The first-order chi connectivity index (χ1) is 14.5. The van der Waals surface area contributed by atoms with Crippen LogP contribution in [0.25, 0.3) is 0 Å². The third-order valence-electron chi connectivity index (χ3n) is 5.40. The fourth-order valence-corrected chi connectivity index (χ4v) is 3.65. The Kier molecular flexibility index (Phi) is 8.29. The molecule has 160 valence electrons. The van der Waals surface area contributed by atoms with Crippen molar-refractivity contribution in [2.75, 3.05) is 25.0 Å². The maximum atomic E-state index is 12.6. The Morgan fingerprint density at radius 3 is 2.37 bits per heavy atom. The zero-order valence-electron chi connectivity index (χ0n) is 17.4. The van der Waals surface area contributed by atoms with E-state index in [0.717, 1.165) is 50.3 Å². The average Bonchev–Trinajstić information content (AvgIpc) is 2.76. The van der Waals surface area contributed by atoms with Crippen LogP contribution in [0.5, 0.6) is 0 Å². The van der Waals surface area contributed by atoms with Gasteiger partial charge in [0, 0.05) is 23.2 Å². The second-order valence-corrected chi connectivity index (χ2v) is 8.17. The van der Waals surface area contributed by atoms with Gasteiger partial charge in [-0.3, -0.25) is 9.69 Å². The van der Waals surface area contributed by atoms with Crippen LogP contribution in [0.2, 0.25) is 5.02 Å². The normalized spacial score (nSPS) is 15.0. The Bertz CT molecular complexity index is 829. The number of nitrogens with zero attached hydrogens (tertiary/aromatic N) is 1. The summed E-state index contributed by atoms with van der Waals surface area (Å²) in [6.45, 7) is 5.15. The molecule has 1 heterocycles. The highest BCUT2D eigenvalue weighted by Crippen LogP contribution is 2.22. The zero-order chi connectivity index (χ0) is 21.3. The van der Waals surface area contributed by atoms with Crippen LogP contribution in [0, 0.1) is 5.92 Å². The summed E-state index contributed by atoms with van der Waals surface area (Å²) >= 11 is 5.94. The van der Waals surface area contributed by atoms with Gasteiger partial charge in [0.15, 0.2) is 0 Å². The quantitative estimate of drug-likeness (QED) is 0.466. The summed E-state index contributed by atoms with van der Waals surface area (Å²) < 4.78 is 5.21. The van der Waals surface area contributed by atoms with E-state index in [1.807, 2.05) is 24.3 Å². The minimum atomic E-state index is -0.325. The van der Waals surface area contributed by atoms with Gasteiger partial charge in [-0.05, 0) is 74.3 Å². The second kappa shape index (κ2) is 11.1. The number of carbonyl (C=O) groups is 2. The Morgan fingerprint density at radius 2 is 1.73 bits per heavy atom. The molecule has 0 atom stereocenters. The van der Waals surface area contributed by atoms with E-state index in [0.29, 0.717) is 17.9 Å². The molecular formula is C24H29ClN2O3. The standard InChI is InChI=1S/C24H29ClN2O3/c1-2-3-16-30-24(29)20-6-10-22(11-7-20)26-23(28)19-12-14-27(15-13-19)17-18-4-8-21(25)9-5-18/h4-11,19H,2-3,12-17H2,1H3,(H,26,28). The lowest BCUT2D eigenvalue weighted by Crippen LogP contribution is -2.37. The third kappa shape index (κ3) is 6.57. The summed E-state index contributed by atoms with van der Waals surface area (Å²) in [6.07, 6.45) is 3.51. The van der Waals surface area contributed by atoms with Crippen molar-refractivity contribution in [3.8, 4) is 0 Å². The van der Waals surface area contributed by atoms with Crippen LogP contribution in [0.1, 0.15) is 48.5 Å². The molecule has 0 aliphatic carbocycles. The number of piperidine rings is 1. The number of hydrogen-bond donors (Lipinski definition) is 1. The number of unbranched alkanes of at least 4 members (excludes halogenated alkanes) is 1. The van der Waals surface area contributed by atoms with Crippen molar-refractivity contribution in [3.05, 3.63) is 64.7 Å². The summed E-state index contributed by atoms with van der Waals surface area (Å²) in [7, 11) is 0. The molecule has 0 spiro atoms. The van der Waals surface area contributed by atoms with Crippen molar-refractivity contribution in [1.82, 2.24) is 4.90 Å². The molecule has 1 fully saturated rings. The van der Waals surface area contributed by atoms with Crippen LogP contribution < -0.4 is 5.32 Å². The molecule has 2 aromatic carbocycles. The lowest BCUT2D eigenvalue weighted by Gasteiger charge is -2.31. The number of amides is 1. The van der Waals surface area contributed by atoms with E-state index >= 15 is 0 Å². The molecule has 6 heteroatoms. The highest BCUT2D eigenvalue weighted by atomic mass is 35.5. The van der Waals surface area contributed by atoms with Crippen molar-refractivity contribution in [1.29, 1.82) is 0 Å². The van der Waals surface area contributed by atoms with Gasteiger partial charge < -0.3 is 10.1 Å². The van der Waals surface area contributed by atoms with Crippen LogP contribution in [-0.4, -0.2) is 36.5 Å². The highest BCUT2D eigenvalue weighted by molar-refractivity contribution is 6.30. The zero-order valence-corrected chi connectivity index (χ0v) is 18.2. The molecule has 0 bridgehead atoms. The molecule has 1 aliphatic heterocycles. The van der Waals surface area contributed by atoms with E-state index < -0.39 is 0 Å². The van der Waals surface area contributed by atoms with Gasteiger partial charge in [-0.25, -0.2) is 4.79 Å². The smallest absolute Gasteiger partial charge is 0.338 e. The molecule has 5 nitrogen and oxygen atoms in total. The van der Waals surface area contributed by atoms with Crippen molar-refractivity contribution in [3.63, 3.8) is 0 Å². The number of hydrogen-bond acceptors (Lipinski definition) is 4. The summed E-state index contributed by atoms with van der Waals surface area (Å²) in [5.74, 6) is -0.279. The number of rotatable bonds is 8. The highest BCUT2D eigenvalue weighted by Gasteiger charge is 2.25. The molecule has 0 radical (unpaired) electrons. The molecule has 3 rings (SSSR count). The molecule has 0 saturated carbocycles. The Morgan fingerprint density at radius 1 is 1.07 bits per heavy atom. The number of nitrogens with one attached hydrogen (secondary N) is 1. The largest absolute Gasteiger partial charge is 0.462 e. The Hall–Kier alpha value is -2.37. The average molecular weight is 429 g/mol. The van der Waals surface area contributed by atoms with E-state index in [9.17, 15) is 9.59 Å². The number of halogens is 1. The predicted molar refractivity (Wildman–Crippen MR) is 120 cm³/mol. The van der Waals surface area contributed by atoms with Gasteiger partial charge >= 0.3 is 5.97 Å². The maximum absolute atomic E-state index is 12.6. The number of esters is 1. The molecule has 1 amide bonds. The Balaban J connectivity index is 1.44. The molecule has 2 aromatic rings. The third-order valence-corrected chi connectivity index (χ3v) is 5.65. The Labute approximate surface area is 183 Å². The van der Waals surface area contributed by atoms with E-state index in [4.69, 9.17) is 16.3 Å². The second-order valence-electron chi connectivity index (χ2n) is 7.73. The number of ether oxygens (including phenoxy) is 1. The lowest BCUT2D eigenvalue weighted by atomic mass is 9.95. The maximum Gasteiger partial charge on any atom is 0.338 e. The van der Waals surface area contributed by atoms with E-state index in [-0.39, 0.29) is 17.8 Å². The van der Waals surface area contributed by atoms with Gasteiger partial charge in [-0.15, -0.1) is 0 Å². The van der Waals surface area contributed by atoms with E-state index in [1.165, 1.54) is 5.56 Å². The predicted octanol–water partition coefficient (Wildman–Crippen LogP) is 5.15. The number of likely N-dealkylation sites (tertiary alicyclic amines) is 1. The van der Waals surface area contributed by atoms with Gasteiger partial charge in [0.05, 0.1) is 12.2 Å². The SMILES string of the molecule is CCCCOC(=O)c1ccc(NC(=O)C2CCN(Cc3ccc(Cl)cc3)CC2)cc1. The topological polar surface area (TPSA) is 58.6 Å². The summed E-state index contributed by atoms with van der Waals surface area (Å²) in [5, 5.41) is 3.72. The van der Waals surface area contributed by atoms with Crippen LogP contribution in [0.15, 0.2) is 48.5 Å². The molecule has 30 heavy (non-hydrogen) atoms. The van der Waals surface area contributed by atoms with Crippen LogP contribution in [-0.2, 0) is 16.1 Å². The monoisotopic (exact) mass is 428 g/mol. The minimum Gasteiger partial charge on any atom is -0.462 e. The van der Waals surface area contributed by atoms with Gasteiger partial charge in [0.25, 0.3) is 0 Å². The van der Waals surface area contributed by atoms with Crippen LogP contribution >= 0.6 is 11.6 Å². The van der Waals surface area contributed by atoms with Crippen LogP contribution in [0.3, 0.4) is 0 Å². The molecule has 0 unspecified atom stereocenters. The van der Waals surface area contributed by atoms with Crippen molar-refractivity contribution in [2.45, 2.75) is 39.2 Å². The summed E-state index contributed by atoms with van der Waals surface area (Å²) in [4.78, 5) is 27.0. The lowest BCUT2D eigenvalue weighted by molar-refractivity contribution is -0.121.